The maximum Gasteiger partial charge on any atom is 0.219 e. The standard InChI is InChI=1S/C20H21N3O2/c1-5-25-20-18-16(8-13(3)23-19(18)12(2)11-22-20)15-7-6-14(10-21)9-17(15)24-4/h6-9,11,16,23H,5H2,1-4H3/t16-/m0/s1. The molecule has 0 bridgehead atoms. The number of aryl methyl sites for hydroxylation is 1. The van der Waals surface area contributed by atoms with Crippen molar-refractivity contribution in [1.29, 1.82) is 5.26 Å². The Hall–Kier alpha value is -3.00. The summed E-state index contributed by atoms with van der Waals surface area (Å²) in [6.45, 7) is 6.55. The number of fused-ring (bicyclic) bond motifs is 1. The number of pyridine rings is 1. The number of nitriles is 1. The highest BCUT2D eigenvalue weighted by atomic mass is 16.5. The van der Waals surface area contributed by atoms with Gasteiger partial charge in [0, 0.05) is 28.9 Å². The van der Waals surface area contributed by atoms with E-state index >= 15 is 0 Å². The average molecular weight is 335 g/mol. The Bertz CT molecular complexity index is 881. The number of nitrogens with one attached hydrogen (secondary N) is 1. The molecule has 0 saturated heterocycles. The molecule has 2 heterocycles. The van der Waals surface area contributed by atoms with Gasteiger partial charge in [-0.05, 0) is 38.5 Å². The summed E-state index contributed by atoms with van der Waals surface area (Å²) in [5.74, 6) is 1.24. The second-order valence-electron chi connectivity index (χ2n) is 5.99. The van der Waals surface area contributed by atoms with Crippen LogP contribution >= 0.6 is 0 Å². The van der Waals surface area contributed by atoms with Gasteiger partial charge in [0.25, 0.3) is 0 Å². The lowest BCUT2D eigenvalue weighted by Crippen LogP contribution is -2.16. The average Bonchev–Trinajstić information content (AvgIpc) is 2.63. The van der Waals surface area contributed by atoms with Gasteiger partial charge in [0.05, 0.1) is 31.0 Å². The number of aromatic nitrogens is 1. The van der Waals surface area contributed by atoms with E-state index in [4.69, 9.17) is 14.7 Å². The van der Waals surface area contributed by atoms with E-state index in [0.29, 0.717) is 23.8 Å². The van der Waals surface area contributed by atoms with E-state index in [-0.39, 0.29) is 5.92 Å². The van der Waals surface area contributed by atoms with Gasteiger partial charge in [0.2, 0.25) is 5.88 Å². The fourth-order valence-corrected chi connectivity index (χ4v) is 3.17. The summed E-state index contributed by atoms with van der Waals surface area (Å²) in [5, 5.41) is 12.6. The van der Waals surface area contributed by atoms with Crippen LogP contribution in [0, 0.1) is 18.3 Å². The normalized spacial score (nSPS) is 15.5. The minimum Gasteiger partial charge on any atom is -0.496 e. The van der Waals surface area contributed by atoms with Gasteiger partial charge in [-0.2, -0.15) is 5.26 Å². The number of benzene rings is 1. The van der Waals surface area contributed by atoms with Crippen LogP contribution in [0.4, 0.5) is 5.69 Å². The van der Waals surface area contributed by atoms with E-state index in [1.54, 1.807) is 13.2 Å². The smallest absolute Gasteiger partial charge is 0.219 e. The quantitative estimate of drug-likeness (QED) is 0.910. The first-order valence-corrected chi connectivity index (χ1v) is 8.24. The van der Waals surface area contributed by atoms with Crippen molar-refractivity contribution in [2.24, 2.45) is 0 Å². The second kappa shape index (κ2) is 6.86. The molecule has 0 amide bonds. The summed E-state index contributed by atoms with van der Waals surface area (Å²) in [7, 11) is 1.62. The molecule has 0 unspecified atom stereocenters. The zero-order chi connectivity index (χ0) is 18.0. The third-order valence-corrected chi connectivity index (χ3v) is 4.30. The molecule has 0 aliphatic carbocycles. The van der Waals surface area contributed by atoms with Crippen molar-refractivity contribution in [2.45, 2.75) is 26.7 Å². The summed E-state index contributed by atoms with van der Waals surface area (Å²) in [6.07, 6.45) is 3.96. The van der Waals surface area contributed by atoms with Crippen molar-refractivity contribution in [3.63, 3.8) is 0 Å². The van der Waals surface area contributed by atoms with Crippen LogP contribution < -0.4 is 14.8 Å². The fourth-order valence-electron chi connectivity index (χ4n) is 3.17. The first kappa shape index (κ1) is 16.8. The Labute approximate surface area is 147 Å². The van der Waals surface area contributed by atoms with Crippen LogP contribution in [0.2, 0.25) is 0 Å². The van der Waals surface area contributed by atoms with E-state index in [2.05, 4.69) is 22.4 Å². The molecule has 128 valence electrons. The number of allylic oxidation sites excluding steroid dienone is 2. The number of hydrogen-bond donors (Lipinski definition) is 1. The highest BCUT2D eigenvalue weighted by molar-refractivity contribution is 5.70. The van der Waals surface area contributed by atoms with E-state index in [0.717, 1.165) is 28.1 Å². The van der Waals surface area contributed by atoms with Crippen molar-refractivity contribution >= 4 is 5.69 Å². The molecule has 2 aromatic rings. The summed E-state index contributed by atoms with van der Waals surface area (Å²) < 4.78 is 11.4. The Morgan fingerprint density at radius 1 is 1.32 bits per heavy atom. The molecule has 1 aromatic carbocycles. The summed E-state index contributed by atoms with van der Waals surface area (Å²) in [4.78, 5) is 4.49. The number of methoxy groups -OCH3 is 1. The van der Waals surface area contributed by atoms with Gasteiger partial charge >= 0.3 is 0 Å². The molecule has 0 spiro atoms. The third-order valence-electron chi connectivity index (χ3n) is 4.30. The van der Waals surface area contributed by atoms with Crippen LogP contribution in [0.15, 0.2) is 36.2 Å². The van der Waals surface area contributed by atoms with Gasteiger partial charge in [-0.1, -0.05) is 12.1 Å². The molecule has 1 aliphatic heterocycles. The largest absolute Gasteiger partial charge is 0.496 e. The predicted octanol–water partition coefficient (Wildman–Crippen LogP) is 4.13. The summed E-state index contributed by atoms with van der Waals surface area (Å²) in [6, 6.07) is 7.68. The lowest BCUT2D eigenvalue weighted by atomic mass is 9.85. The van der Waals surface area contributed by atoms with Crippen LogP contribution in [-0.2, 0) is 0 Å². The van der Waals surface area contributed by atoms with Crippen molar-refractivity contribution in [3.05, 3.63) is 58.4 Å². The molecular formula is C20H21N3O2. The van der Waals surface area contributed by atoms with E-state index in [9.17, 15) is 0 Å². The molecule has 5 nitrogen and oxygen atoms in total. The van der Waals surface area contributed by atoms with Gasteiger partial charge in [-0.3, -0.25) is 0 Å². The van der Waals surface area contributed by atoms with Crippen molar-refractivity contribution < 1.29 is 9.47 Å². The van der Waals surface area contributed by atoms with Crippen LogP contribution in [-0.4, -0.2) is 18.7 Å². The maximum absolute atomic E-state index is 9.15. The molecule has 0 fully saturated rings. The van der Waals surface area contributed by atoms with Gasteiger partial charge in [0.15, 0.2) is 0 Å². The van der Waals surface area contributed by atoms with Gasteiger partial charge in [-0.25, -0.2) is 4.98 Å². The molecule has 3 rings (SSSR count). The predicted molar refractivity (Wildman–Crippen MR) is 97.1 cm³/mol. The Morgan fingerprint density at radius 3 is 2.80 bits per heavy atom. The monoisotopic (exact) mass is 335 g/mol. The molecule has 0 radical (unpaired) electrons. The third kappa shape index (κ3) is 3.03. The van der Waals surface area contributed by atoms with Crippen molar-refractivity contribution in [1.82, 2.24) is 4.98 Å². The minimum atomic E-state index is -0.0621. The summed E-state index contributed by atoms with van der Waals surface area (Å²) in [5.41, 5.74) is 5.69. The Balaban J connectivity index is 2.23. The molecule has 0 saturated carbocycles. The van der Waals surface area contributed by atoms with Gasteiger partial charge in [0.1, 0.15) is 5.75 Å². The lowest BCUT2D eigenvalue weighted by Gasteiger charge is -2.28. The second-order valence-corrected chi connectivity index (χ2v) is 5.99. The van der Waals surface area contributed by atoms with Crippen LogP contribution in [0.3, 0.4) is 0 Å². The van der Waals surface area contributed by atoms with Crippen LogP contribution in [0.1, 0.15) is 42.0 Å². The molecular weight excluding hydrogens is 314 g/mol. The molecule has 5 heteroatoms. The fraction of sp³-hybridized carbons (Fsp3) is 0.300. The number of nitrogens with zero attached hydrogens (tertiary/aromatic N) is 2. The van der Waals surface area contributed by atoms with Crippen LogP contribution in [0.5, 0.6) is 11.6 Å². The highest BCUT2D eigenvalue weighted by Gasteiger charge is 2.28. The highest BCUT2D eigenvalue weighted by Crippen LogP contribution is 2.45. The summed E-state index contributed by atoms with van der Waals surface area (Å²) >= 11 is 0. The lowest BCUT2D eigenvalue weighted by molar-refractivity contribution is 0.322. The molecule has 25 heavy (non-hydrogen) atoms. The topological polar surface area (TPSA) is 67.2 Å². The molecule has 1 N–H and O–H groups in total. The van der Waals surface area contributed by atoms with Crippen molar-refractivity contribution in [2.75, 3.05) is 19.0 Å². The number of hydrogen-bond acceptors (Lipinski definition) is 5. The number of ether oxygens (including phenoxy) is 2. The molecule has 1 aromatic heterocycles. The zero-order valence-corrected chi connectivity index (χ0v) is 14.9. The Kier molecular flexibility index (Phi) is 4.62. The Morgan fingerprint density at radius 2 is 2.12 bits per heavy atom. The first-order valence-electron chi connectivity index (χ1n) is 8.24. The van der Waals surface area contributed by atoms with E-state index in [1.165, 1.54) is 0 Å². The SMILES string of the molecule is CCOc1ncc(C)c2c1[C@H](c1ccc(C#N)cc1OC)C=C(C)N2. The molecule has 1 aliphatic rings. The number of anilines is 1. The first-order chi connectivity index (χ1) is 12.1. The van der Waals surface area contributed by atoms with Crippen LogP contribution in [0.25, 0.3) is 0 Å². The van der Waals surface area contributed by atoms with Crippen molar-refractivity contribution in [3.8, 4) is 17.7 Å². The van der Waals surface area contributed by atoms with Gasteiger partial charge in [-0.15, -0.1) is 0 Å². The number of rotatable bonds is 4. The van der Waals surface area contributed by atoms with Gasteiger partial charge < -0.3 is 14.8 Å². The van der Waals surface area contributed by atoms with E-state index in [1.807, 2.05) is 39.1 Å². The zero-order valence-electron chi connectivity index (χ0n) is 14.9. The minimum absolute atomic E-state index is 0.0621. The molecule has 1 atom stereocenters. The van der Waals surface area contributed by atoms with E-state index < -0.39 is 0 Å². The maximum atomic E-state index is 9.15.